The van der Waals surface area contributed by atoms with Crippen LogP contribution in [0.2, 0.25) is 0 Å². The SMILES string of the molecule is CCC(CC)N(CCO)Cc1ccccc1C(N)=S. The number of aliphatic hydroxyl groups is 1. The molecule has 0 heterocycles. The van der Waals surface area contributed by atoms with Gasteiger partial charge in [-0.1, -0.05) is 50.3 Å². The molecule has 0 radical (unpaired) electrons. The zero-order chi connectivity index (χ0) is 14.3. The zero-order valence-electron chi connectivity index (χ0n) is 11.8. The normalized spacial score (nSPS) is 11.2. The molecule has 0 fully saturated rings. The maximum absolute atomic E-state index is 9.24. The van der Waals surface area contributed by atoms with Crippen molar-refractivity contribution in [3.8, 4) is 0 Å². The minimum absolute atomic E-state index is 0.172. The molecule has 0 aliphatic carbocycles. The first kappa shape index (κ1) is 16.1. The molecule has 0 spiro atoms. The number of benzene rings is 1. The molecular weight excluding hydrogens is 256 g/mol. The smallest absolute Gasteiger partial charge is 0.104 e. The van der Waals surface area contributed by atoms with Gasteiger partial charge in [-0.3, -0.25) is 4.90 Å². The molecule has 4 heteroatoms. The molecule has 3 nitrogen and oxygen atoms in total. The van der Waals surface area contributed by atoms with Crippen LogP contribution in [0.3, 0.4) is 0 Å². The molecule has 0 saturated carbocycles. The van der Waals surface area contributed by atoms with E-state index >= 15 is 0 Å². The monoisotopic (exact) mass is 280 g/mol. The summed E-state index contributed by atoms with van der Waals surface area (Å²) in [4.78, 5) is 2.74. The molecule has 0 saturated heterocycles. The molecule has 0 bridgehead atoms. The molecule has 0 atom stereocenters. The van der Waals surface area contributed by atoms with Crippen molar-refractivity contribution in [1.29, 1.82) is 0 Å². The Hall–Kier alpha value is -0.970. The summed E-state index contributed by atoms with van der Waals surface area (Å²) in [6.45, 7) is 5.99. The fourth-order valence-corrected chi connectivity index (χ4v) is 2.64. The molecule has 1 rings (SSSR count). The van der Waals surface area contributed by atoms with Crippen LogP contribution in [0.15, 0.2) is 24.3 Å². The summed E-state index contributed by atoms with van der Waals surface area (Å²) >= 11 is 5.10. The summed E-state index contributed by atoms with van der Waals surface area (Å²) in [6, 6.07) is 8.45. The van der Waals surface area contributed by atoms with Crippen molar-refractivity contribution in [3.05, 3.63) is 35.4 Å². The first-order valence-electron chi connectivity index (χ1n) is 6.86. The van der Waals surface area contributed by atoms with Crippen LogP contribution in [0.1, 0.15) is 37.8 Å². The van der Waals surface area contributed by atoms with Gasteiger partial charge in [-0.05, 0) is 18.4 Å². The van der Waals surface area contributed by atoms with Crippen molar-refractivity contribution in [1.82, 2.24) is 4.90 Å². The number of rotatable bonds is 8. The molecule has 106 valence electrons. The van der Waals surface area contributed by atoms with Crippen LogP contribution in [0.25, 0.3) is 0 Å². The molecular formula is C15H24N2OS. The summed E-state index contributed by atoms with van der Waals surface area (Å²) in [5.41, 5.74) is 7.84. The predicted molar refractivity (Wildman–Crippen MR) is 84.2 cm³/mol. The third kappa shape index (κ3) is 4.56. The highest BCUT2D eigenvalue weighted by atomic mass is 32.1. The second-order valence-electron chi connectivity index (χ2n) is 4.69. The van der Waals surface area contributed by atoms with Crippen LogP contribution in [0, 0.1) is 0 Å². The fourth-order valence-electron chi connectivity index (χ4n) is 2.44. The van der Waals surface area contributed by atoms with Gasteiger partial charge in [0.2, 0.25) is 0 Å². The summed E-state index contributed by atoms with van der Waals surface area (Å²) < 4.78 is 0. The van der Waals surface area contributed by atoms with Gasteiger partial charge in [0.15, 0.2) is 0 Å². The van der Waals surface area contributed by atoms with Crippen LogP contribution in [0.5, 0.6) is 0 Å². The number of thiocarbonyl (C=S) groups is 1. The largest absolute Gasteiger partial charge is 0.395 e. The average molecular weight is 280 g/mol. The van der Waals surface area contributed by atoms with E-state index in [1.54, 1.807) is 0 Å². The van der Waals surface area contributed by atoms with E-state index in [1.165, 1.54) is 0 Å². The third-order valence-electron chi connectivity index (χ3n) is 3.50. The van der Waals surface area contributed by atoms with Gasteiger partial charge in [0.1, 0.15) is 4.99 Å². The second-order valence-corrected chi connectivity index (χ2v) is 5.13. The zero-order valence-corrected chi connectivity index (χ0v) is 12.6. The van der Waals surface area contributed by atoms with E-state index in [-0.39, 0.29) is 6.61 Å². The van der Waals surface area contributed by atoms with Crippen LogP contribution < -0.4 is 5.73 Å². The standard InChI is InChI=1S/C15H24N2OS/c1-3-13(4-2)17(9-10-18)11-12-7-5-6-8-14(12)15(16)19/h5-8,13,18H,3-4,9-11H2,1-2H3,(H2,16,19). The predicted octanol–water partition coefficient (Wildman–Crippen LogP) is 2.30. The maximum Gasteiger partial charge on any atom is 0.104 e. The highest BCUT2D eigenvalue weighted by Crippen LogP contribution is 2.16. The highest BCUT2D eigenvalue weighted by Gasteiger charge is 2.16. The van der Waals surface area contributed by atoms with Gasteiger partial charge < -0.3 is 10.8 Å². The lowest BCUT2D eigenvalue weighted by molar-refractivity contribution is 0.136. The Labute approximate surface area is 121 Å². The highest BCUT2D eigenvalue weighted by molar-refractivity contribution is 7.80. The topological polar surface area (TPSA) is 49.5 Å². The lowest BCUT2D eigenvalue weighted by atomic mass is 10.0. The third-order valence-corrected chi connectivity index (χ3v) is 3.72. The van der Waals surface area contributed by atoms with Gasteiger partial charge in [-0.2, -0.15) is 0 Å². The van der Waals surface area contributed by atoms with Gasteiger partial charge in [-0.25, -0.2) is 0 Å². The van der Waals surface area contributed by atoms with E-state index in [0.717, 1.165) is 30.5 Å². The van der Waals surface area contributed by atoms with E-state index in [1.807, 2.05) is 18.2 Å². The molecule has 0 amide bonds. The quantitative estimate of drug-likeness (QED) is 0.717. The van der Waals surface area contributed by atoms with E-state index in [4.69, 9.17) is 18.0 Å². The second kappa shape index (κ2) is 8.25. The Morgan fingerprint density at radius 1 is 1.32 bits per heavy atom. The molecule has 0 unspecified atom stereocenters. The van der Waals surface area contributed by atoms with Crippen molar-refractivity contribution in [2.24, 2.45) is 5.73 Å². The van der Waals surface area contributed by atoms with Crippen molar-refractivity contribution in [3.63, 3.8) is 0 Å². The summed E-state index contributed by atoms with van der Waals surface area (Å²) in [5, 5.41) is 9.24. The van der Waals surface area contributed by atoms with Crippen LogP contribution in [-0.2, 0) is 6.54 Å². The fraction of sp³-hybridized carbons (Fsp3) is 0.533. The Balaban J connectivity index is 2.93. The van der Waals surface area contributed by atoms with E-state index in [0.29, 0.717) is 17.6 Å². The Kier molecular flexibility index (Phi) is 6.99. The number of hydrogen-bond acceptors (Lipinski definition) is 3. The van der Waals surface area contributed by atoms with Gasteiger partial charge in [0.05, 0.1) is 6.61 Å². The summed E-state index contributed by atoms with van der Waals surface area (Å²) in [6.07, 6.45) is 2.15. The molecule has 1 aromatic carbocycles. The molecule has 0 aliphatic heterocycles. The molecule has 0 aromatic heterocycles. The van der Waals surface area contributed by atoms with Crippen LogP contribution >= 0.6 is 12.2 Å². The molecule has 3 N–H and O–H groups in total. The van der Waals surface area contributed by atoms with Crippen molar-refractivity contribution >= 4 is 17.2 Å². The lowest BCUT2D eigenvalue weighted by Gasteiger charge is -2.30. The van der Waals surface area contributed by atoms with Gasteiger partial charge in [0, 0.05) is 24.7 Å². The van der Waals surface area contributed by atoms with E-state index in [2.05, 4.69) is 24.8 Å². The number of hydrogen-bond donors (Lipinski definition) is 2. The Morgan fingerprint density at radius 2 is 1.95 bits per heavy atom. The number of nitrogens with zero attached hydrogens (tertiary/aromatic N) is 1. The minimum atomic E-state index is 0.172. The Bertz CT molecular complexity index is 405. The Morgan fingerprint density at radius 3 is 2.47 bits per heavy atom. The first-order chi connectivity index (χ1) is 9.13. The van der Waals surface area contributed by atoms with Crippen LogP contribution in [0.4, 0.5) is 0 Å². The lowest BCUT2D eigenvalue weighted by Crippen LogP contribution is -2.36. The van der Waals surface area contributed by atoms with Crippen molar-refractivity contribution in [2.45, 2.75) is 39.3 Å². The summed E-state index contributed by atoms with van der Waals surface area (Å²) in [5.74, 6) is 0. The molecule has 19 heavy (non-hydrogen) atoms. The number of aliphatic hydroxyl groups excluding tert-OH is 1. The van der Waals surface area contributed by atoms with Gasteiger partial charge in [0.25, 0.3) is 0 Å². The molecule has 0 aliphatic rings. The average Bonchev–Trinajstić information content (AvgIpc) is 2.40. The first-order valence-corrected chi connectivity index (χ1v) is 7.27. The molecule has 1 aromatic rings. The van der Waals surface area contributed by atoms with Crippen molar-refractivity contribution in [2.75, 3.05) is 13.2 Å². The maximum atomic E-state index is 9.24. The van der Waals surface area contributed by atoms with E-state index < -0.39 is 0 Å². The van der Waals surface area contributed by atoms with Gasteiger partial charge in [-0.15, -0.1) is 0 Å². The summed E-state index contributed by atoms with van der Waals surface area (Å²) in [7, 11) is 0. The minimum Gasteiger partial charge on any atom is -0.395 e. The van der Waals surface area contributed by atoms with Gasteiger partial charge >= 0.3 is 0 Å². The van der Waals surface area contributed by atoms with Crippen LogP contribution in [-0.4, -0.2) is 34.2 Å². The van der Waals surface area contributed by atoms with Crippen molar-refractivity contribution < 1.29 is 5.11 Å². The van der Waals surface area contributed by atoms with E-state index in [9.17, 15) is 5.11 Å². The number of nitrogens with two attached hydrogens (primary N) is 1.